The minimum atomic E-state index is -1.15. The number of hydrogen-bond acceptors (Lipinski definition) is 5. The molecule has 0 atom stereocenters. The van der Waals surface area contributed by atoms with Crippen molar-refractivity contribution in [2.75, 3.05) is 25.5 Å². The Morgan fingerprint density at radius 2 is 1.84 bits per heavy atom. The Morgan fingerprint density at radius 1 is 1.14 bits per heavy atom. The molecule has 1 saturated heterocycles. The molecule has 37 heavy (non-hydrogen) atoms. The number of anilines is 1. The zero-order valence-corrected chi connectivity index (χ0v) is 20.7. The summed E-state index contributed by atoms with van der Waals surface area (Å²) < 4.78 is 34.8. The summed E-state index contributed by atoms with van der Waals surface area (Å²) in [6, 6.07) is 7.00. The van der Waals surface area contributed by atoms with Gasteiger partial charge in [-0.25, -0.2) is 9.37 Å². The highest BCUT2D eigenvalue weighted by Crippen LogP contribution is 2.30. The number of methoxy groups -OCH3 is 1. The number of piperidine rings is 1. The number of rotatable bonds is 6. The van der Waals surface area contributed by atoms with E-state index < -0.39 is 29.4 Å². The van der Waals surface area contributed by atoms with Gasteiger partial charge in [0.2, 0.25) is 5.82 Å². The predicted octanol–water partition coefficient (Wildman–Crippen LogP) is 4.22. The van der Waals surface area contributed by atoms with E-state index in [-0.39, 0.29) is 39.3 Å². The Kier molecular flexibility index (Phi) is 7.44. The highest BCUT2D eigenvalue weighted by Gasteiger charge is 2.28. The van der Waals surface area contributed by atoms with Crippen molar-refractivity contribution in [2.24, 2.45) is 13.0 Å². The largest absolute Gasteiger partial charge is 0.494 e. The molecule has 1 aliphatic heterocycles. The molecule has 1 aliphatic rings. The number of carboxylic acid groups (broad SMARTS) is 1. The van der Waals surface area contributed by atoms with Crippen LogP contribution < -0.4 is 10.1 Å². The summed E-state index contributed by atoms with van der Waals surface area (Å²) in [5, 5.41) is 11.9. The number of aliphatic carboxylic acids is 1. The van der Waals surface area contributed by atoms with Gasteiger partial charge < -0.3 is 24.6 Å². The molecule has 2 heterocycles. The van der Waals surface area contributed by atoms with Crippen LogP contribution in [-0.4, -0.2) is 57.5 Å². The highest BCUT2D eigenvalue weighted by atomic mass is 35.5. The summed E-state index contributed by atoms with van der Waals surface area (Å²) in [4.78, 5) is 42.4. The fourth-order valence-corrected chi connectivity index (χ4v) is 4.47. The molecule has 0 aliphatic carbocycles. The Morgan fingerprint density at radius 3 is 2.46 bits per heavy atom. The fourth-order valence-electron chi connectivity index (χ4n) is 4.21. The molecule has 0 radical (unpaired) electrons. The standard InChI is InChI=1S/C25H23ClF2N4O5/c1-31-18(16-5-6-19(37-2)21(28)20(16)27)12-29-22(31)23(33)30-14-3-4-15(17(26)11-14)24(34)32-9-7-13(8-10-32)25(35)36/h3-6,11-13H,7-10H2,1-2H3,(H,30,33)(H,35,36). The molecule has 0 saturated carbocycles. The SMILES string of the molecule is COc1ccc(-c2cnc(C(=O)Nc3ccc(C(=O)N4CCC(C(=O)O)CC4)c(Cl)c3)n2C)c(F)c1F. The van der Waals surface area contributed by atoms with E-state index in [9.17, 15) is 23.2 Å². The van der Waals surface area contributed by atoms with Crippen LogP contribution in [0.1, 0.15) is 33.8 Å². The molecular weight excluding hydrogens is 510 g/mol. The maximum atomic E-state index is 14.5. The molecule has 3 aromatic rings. The van der Waals surface area contributed by atoms with Gasteiger partial charge >= 0.3 is 5.97 Å². The van der Waals surface area contributed by atoms with E-state index in [1.165, 1.54) is 55.3 Å². The number of imidazole rings is 1. The van der Waals surface area contributed by atoms with Gasteiger partial charge in [-0.15, -0.1) is 0 Å². The van der Waals surface area contributed by atoms with Gasteiger partial charge in [0, 0.05) is 31.4 Å². The van der Waals surface area contributed by atoms with Crippen molar-refractivity contribution in [3.63, 3.8) is 0 Å². The van der Waals surface area contributed by atoms with Gasteiger partial charge in [0.15, 0.2) is 17.4 Å². The minimum absolute atomic E-state index is 0.0665. The summed E-state index contributed by atoms with van der Waals surface area (Å²) in [7, 11) is 2.71. The molecule has 2 aromatic carbocycles. The quantitative estimate of drug-likeness (QED) is 0.491. The summed E-state index contributed by atoms with van der Waals surface area (Å²) in [6.45, 7) is 0.621. The lowest BCUT2D eigenvalue weighted by atomic mass is 9.96. The number of carboxylic acids is 1. The molecule has 0 bridgehead atoms. The lowest BCUT2D eigenvalue weighted by Gasteiger charge is -2.30. The van der Waals surface area contributed by atoms with Crippen molar-refractivity contribution in [3.8, 4) is 17.0 Å². The number of nitrogens with one attached hydrogen (secondary N) is 1. The van der Waals surface area contributed by atoms with Crippen LogP contribution in [0.25, 0.3) is 11.3 Å². The van der Waals surface area contributed by atoms with Crippen molar-refractivity contribution in [1.82, 2.24) is 14.5 Å². The average molecular weight is 533 g/mol. The zero-order valence-electron chi connectivity index (χ0n) is 19.9. The van der Waals surface area contributed by atoms with E-state index >= 15 is 0 Å². The van der Waals surface area contributed by atoms with Gasteiger partial charge in [-0.1, -0.05) is 11.6 Å². The number of carbonyl (C=O) groups excluding carboxylic acids is 2. The van der Waals surface area contributed by atoms with E-state index in [1.807, 2.05) is 0 Å². The summed E-state index contributed by atoms with van der Waals surface area (Å²) in [5.41, 5.74) is 0.604. The van der Waals surface area contributed by atoms with Crippen molar-refractivity contribution >= 4 is 35.1 Å². The van der Waals surface area contributed by atoms with Crippen LogP contribution in [0.15, 0.2) is 36.5 Å². The van der Waals surface area contributed by atoms with Crippen LogP contribution in [0.2, 0.25) is 5.02 Å². The Balaban J connectivity index is 1.48. The number of carbonyl (C=O) groups is 3. The smallest absolute Gasteiger partial charge is 0.306 e. The maximum absolute atomic E-state index is 14.5. The van der Waals surface area contributed by atoms with Crippen molar-refractivity contribution in [2.45, 2.75) is 12.8 Å². The van der Waals surface area contributed by atoms with Crippen molar-refractivity contribution < 1.29 is 33.0 Å². The first-order valence-corrected chi connectivity index (χ1v) is 11.7. The van der Waals surface area contributed by atoms with Crippen LogP contribution in [-0.2, 0) is 11.8 Å². The third-order valence-corrected chi connectivity index (χ3v) is 6.64. The van der Waals surface area contributed by atoms with E-state index in [4.69, 9.17) is 21.4 Å². The van der Waals surface area contributed by atoms with E-state index in [0.717, 1.165) is 0 Å². The molecular formula is C25H23ClF2N4O5. The number of amides is 2. The molecule has 2 amide bonds. The molecule has 1 aromatic heterocycles. The number of nitrogens with zero attached hydrogens (tertiary/aromatic N) is 3. The van der Waals surface area contributed by atoms with Crippen molar-refractivity contribution in [3.05, 3.63) is 64.6 Å². The normalized spacial score (nSPS) is 13.9. The number of halogens is 3. The van der Waals surface area contributed by atoms with Crippen molar-refractivity contribution in [1.29, 1.82) is 0 Å². The first kappa shape index (κ1) is 26.1. The third-order valence-electron chi connectivity index (χ3n) is 6.32. The van der Waals surface area contributed by atoms with E-state index in [2.05, 4.69) is 10.3 Å². The second-order valence-electron chi connectivity index (χ2n) is 8.52. The average Bonchev–Trinajstić information content (AvgIpc) is 3.26. The minimum Gasteiger partial charge on any atom is -0.494 e. The molecule has 194 valence electrons. The molecule has 9 nitrogen and oxygen atoms in total. The molecule has 2 N–H and O–H groups in total. The van der Waals surface area contributed by atoms with Crippen LogP contribution in [0.4, 0.5) is 14.5 Å². The number of hydrogen-bond donors (Lipinski definition) is 2. The second-order valence-corrected chi connectivity index (χ2v) is 8.93. The summed E-state index contributed by atoms with van der Waals surface area (Å²) >= 11 is 6.32. The monoisotopic (exact) mass is 532 g/mol. The lowest BCUT2D eigenvalue weighted by Crippen LogP contribution is -2.40. The number of ether oxygens (including phenoxy) is 1. The number of aromatic nitrogens is 2. The van der Waals surface area contributed by atoms with Gasteiger partial charge in [-0.05, 0) is 43.2 Å². The third kappa shape index (κ3) is 5.12. The summed E-state index contributed by atoms with van der Waals surface area (Å²) in [5.74, 6) is -4.89. The van der Waals surface area contributed by atoms with Crippen LogP contribution in [0, 0.1) is 17.6 Å². The van der Waals surface area contributed by atoms with Gasteiger partial charge in [0.05, 0.1) is 35.5 Å². The van der Waals surface area contributed by atoms with Crippen LogP contribution in [0.3, 0.4) is 0 Å². The topological polar surface area (TPSA) is 114 Å². The highest BCUT2D eigenvalue weighted by molar-refractivity contribution is 6.34. The van der Waals surface area contributed by atoms with Gasteiger partial charge in [0.25, 0.3) is 11.8 Å². The lowest BCUT2D eigenvalue weighted by molar-refractivity contribution is -0.143. The molecule has 1 fully saturated rings. The zero-order chi connectivity index (χ0) is 26.9. The van der Waals surface area contributed by atoms with Gasteiger partial charge in [-0.2, -0.15) is 4.39 Å². The maximum Gasteiger partial charge on any atom is 0.306 e. The van der Waals surface area contributed by atoms with E-state index in [0.29, 0.717) is 31.6 Å². The summed E-state index contributed by atoms with van der Waals surface area (Å²) in [6.07, 6.45) is 1.98. The molecule has 12 heteroatoms. The van der Waals surface area contributed by atoms with Crippen LogP contribution >= 0.6 is 11.6 Å². The number of likely N-dealkylation sites (tertiary alicyclic amines) is 1. The second kappa shape index (κ2) is 10.6. The van der Waals surface area contributed by atoms with Crippen LogP contribution in [0.5, 0.6) is 5.75 Å². The van der Waals surface area contributed by atoms with E-state index in [1.54, 1.807) is 4.90 Å². The molecule has 0 spiro atoms. The fraction of sp³-hybridized carbons (Fsp3) is 0.280. The van der Waals surface area contributed by atoms with Gasteiger partial charge in [-0.3, -0.25) is 14.4 Å². The Labute approximate surface area is 215 Å². The Bertz CT molecular complexity index is 1390. The predicted molar refractivity (Wildman–Crippen MR) is 131 cm³/mol. The molecule has 0 unspecified atom stereocenters. The first-order valence-electron chi connectivity index (χ1n) is 11.3. The Hall–Kier alpha value is -3.99. The first-order chi connectivity index (χ1) is 17.6. The van der Waals surface area contributed by atoms with Gasteiger partial charge in [0.1, 0.15) is 0 Å². The number of benzene rings is 2. The molecule has 4 rings (SSSR count).